The van der Waals surface area contributed by atoms with Gasteiger partial charge >= 0.3 is 5.97 Å². The standard InChI is InChI=1S/C11H13NO3S/c13-8-2-1-3-9(8)16-10-5-4-7(6-12-10)11(14)15/h4-6,8-9,13H,1-3H2,(H,14,15). The van der Waals surface area contributed by atoms with Crippen LogP contribution in [0.2, 0.25) is 0 Å². The highest BCUT2D eigenvalue weighted by Gasteiger charge is 2.26. The maximum absolute atomic E-state index is 10.6. The van der Waals surface area contributed by atoms with Crippen LogP contribution in [0.15, 0.2) is 23.4 Å². The Labute approximate surface area is 97.7 Å². The number of nitrogens with zero attached hydrogens (tertiary/aromatic N) is 1. The first-order valence-electron chi connectivity index (χ1n) is 5.21. The predicted molar refractivity (Wildman–Crippen MR) is 60.7 cm³/mol. The molecule has 2 rings (SSSR count). The second-order valence-electron chi connectivity index (χ2n) is 3.84. The Morgan fingerprint density at radius 1 is 1.44 bits per heavy atom. The first kappa shape index (κ1) is 11.4. The van der Waals surface area contributed by atoms with Crippen molar-refractivity contribution < 1.29 is 15.0 Å². The molecule has 0 bridgehead atoms. The Hall–Kier alpha value is -1.07. The molecule has 1 heterocycles. The Balaban J connectivity index is 2.02. The van der Waals surface area contributed by atoms with Crippen LogP contribution >= 0.6 is 11.8 Å². The Kier molecular flexibility index (Phi) is 3.46. The van der Waals surface area contributed by atoms with Crippen LogP contribution < -0.4 is 0 Å². The van der Waals surface area contributed by atoms with Crippen LogP contribution in [-0.2, 0) is 0 Å². The molecule has 2 atom stereocenters. The second-order valence-corrected chi connectivity index (χ2v) is 5.10. The van der Waals surface area contributed by atoms with Gasteiger partial charge in [0.2, 0.25) is 0 Å². The SMILES string of the molecule is O=C(O)c1ccc(SC2CCCC2O)nc1. The van der Waals surface area contributed by atoms with Gasteiger partial charge in [-0.1, -0.05) is 0 Å². The summed E-state index contributed by atoms with van der Waals surface area (Å²) >= 11 is 1.53. The van der Waals surface area contributed by atoms with Gasteiger partial charge in [0, 0.05) is 11.4 Å². The smallest absolute Gasteiger partial charge is 0.337 e. The predicted octanol–water partition coefficient (Wildman–Crippen LogP) is 1.79. The highest BCUT2D eigenvalue weighted by atomic mass is 32.2. The number of carbonyl (C=O) groups is 1. The summed E-state index contributed by atoms with van der Waals surface area (Å²) in [4.78, 5) is 14.7. The summed E-state index contributed by atoms with van der Waals surface area (Å²) in [6, 6.07) is 3.23. The zero-order chi connectivity index (χ0) is 11.5. The number of aromatic carboxylic acids is 1. The van der Waals surface area contributed by atoms with Crippen molar-refractivity contribution in [3.8, 4) is 0 Å². The normalized spacial score (nSPS) is 24.6. The topological polar surface area (TPSA) is 70.4 Å². The molecule has 2 unspecified atom stereocenters. The third kappa shape index (κ3) is 2.54. The van der Waals surface area contributed by atoms with Crippen LogP contribution in [-0.4, -0.2) is 32.5 Å². The minimum Gasteiger partial charge on any atom is -0.478 e. The van der Waals surface area contributed by atoms with Gasteiger partial charge in [-0.25, -0.2) is 9.78 Å². The maximum atomic E-state index is 10.6. The van der Waals surface area contributed by atoms with Gasteiger partial charge in [0.05, 0.1) is 16.7 Å². The molecule has 1 aromatic rings. The number of rotatable bonds is 3. The fourth-order valence-corrected chi connectivity index (χ4v) is 2.92. The van der Waals surface area contributed by atoms with Crippen LogP contribution in [0.4, 0.5) is 0 Å². The molecule has 0 spiro atoms. The number of aliphatic hydroxyl groups is 1. The van der Waals surface area contributed by atoms with Crippen LogP contribution in [0, 0.1) is 0 Å². The monoisotopic (exact) mass is 239 g/mol. The van der Waals surface area contributed by atoms with Crippen LogP contribution in [0.25, 0.3) is 0 Å². The quantitative estimate of drug-likeness (QED) is 0.841. The molecule has 86 valence electrons. The van der Waals surface area contributed by atoms with Crippen molar-refractivity contribution in [1.29, 1.82) is 0 Å². The summed E-state index contributed by atoms with van der Waals surface area (Å²) < 4.78 is 0. The van der Waals surface area contributed by atoms with E-state index in [9.17, 15) is 9.90 Å². The molecule has 1 aliphatic rings. The highest BCUT2D eigenvalue weighted by Crippen LogP contribution is 2.33. The van der Waals surface area contributed by atoms with Crippen LogP contribution in [0.5, 0.6) is 0 Å². The lowest BCUT2D eigenvalue weighted by Crippen LogP contribution is -2.15. The molecule has 1 aromatic heterocycles. The van der Waals surface area contributed by atoms with Crippen LogP contribution in [0.3, 0.4) is 0 Å². The van der Waals surface area contributed by atoms with Crippen LogP contribution in [0.1, 0.15) is 29.6 Å². The number of aliphatic hydroxyl groups excluding tert-OH is 1. The van der Waals surface area contributed by atoms with Crippen molar-refractivity contribution in [3.63, 3.8) is 0 Å². The first-order valence-corrected chi connectivity index (χ1v) is 6.09. The van der Waals surface area contributed by atoms with E-state index in [1.54, 1.807) is 12.1 Å². The minimum absolute atomic E-state index is 0.191. The number of aromatic nitrogens is 1. The molecular formula is C11H13NO3S. The summed E-state index contributed by atoms with van der Waals surface area (Å²) in [6.45, 7) is 0. The van der Waals surface area contributed by atoms with Crippen molar-refractivity contribution in [2.24, 2.45) is 0 Å². The summed E-state index contributed by atoms with van der Waals surface area (Å²) in [5.74, 6) is -0.968. The number of thioether (sulfide) groups is 1. The zero-order valence-electron chi connectivity index (χ0n) is 8.67. The van der Waals surface area contributed by atoms with Gasteiger partial charge in [-0.05, 0) is 31.4 Å². The molecule has 0 aromatic carbocycles. The number of hydrogen-bond donors (Lipinski definition) is 2. The number of pyridine rings is 1. The molecule has 4 nitrogen and oxygen atoms in total. The highest BCUT2D eigenvalue weighted by molar-refractivity contribution is 7.99. The van der Waals surface area contributed by atoms with Crippen molar-refractivity contribution in [2.75, 3.05) is 0 Å². The molecule has 1 fully saturated rings. The Morgan fingerprint density at radius 2 is 2.25 bits per heavy atom. The molecule has 5 heteroatoms. The lowest BCUT2D eigenvalue weighted by atomic mass is 10.3. The Morgan fingerprint density at radius 3 is 2.75 bits per heavy atom. The summed E-state index contributed by atoms with van der Waals surface area (Å²) in [5, 5.41) is 19.3. The summed E-state index contributed by atoms with van der Waals surface area (Å²) in [5.41, 5.74) is 0.191. The van der Waals surface area contributed by atoms with Crippen molar-refractivity contribution in [3.05, 3.63) is 23.9 Å². The second kappa shape index (κ2) is 4.84. The molecule has 0 saturated heterocycles. The largest absolute Gasteiger partial charge is 0.478 e. The van der Waals surface area contributed by atoms with Gasteiger partial charge in [-0.3, -0.25) is 0 Å². The molecule has 1 aliphatic carbocycles. The zero-order valence-corrected chi connectivity index (χ0v) is 9.48. The van der Waals surface area contributed by atoms with Gasteiger partial charge < -0.3 is 10.2 Å². The summed E-state index contributed by atoms with van der Waals surface area (Å²) in [7, 11) is 0. The van der Waals surface area contributed by atoms with E-state index in [-0.39, 0.29) is 16.9 Å². The van der Waals surface area contributed by atoms with Crippen molar-refractivity contribution >= 4 is 17.7 Å². The van der Waals surface area contributed by atoms with Crippen molar-refractivity contribution in [1.82, 2.24) is 4.98 Å². The number of hydrogen-bond acceptors (Lipinski definition) is 4. The van der Waals surface area contributed by atoms with E-state index in [0.29, 0.717) is 0 Å². The van der Waals surface area contributed by atoms with E-state index in [1.165, 1.54) is 18.0 Å². The Bertz CT molecular complexity index is 379. The average Bonchev–Trinajstić information content (AvgIpc) is 2.65. The fourth-order valence-electron chi connectivity index (χ4n) is 1.78. The summed E-state index contributed by atoms with van der Waals surface area (Å²) in [6.07, 6.45) is 3.99. The third-order valence-corrected chi connectivity index (χ3v) is 4.01. The molecule has 16 heavy (non-hydrogen) atoms. The van der Waals surface area contributed by atoms with Gasteiger partial charge in [-0.2, -0.15) is 0 Å². The third-order valence-electron chi connectivity index (χ3n) is 2.67. The minimum atomic E-state index is -0.968. The first-order chi connectivity index (χ1) is 7.66. The van der Waals surface area contributed by atoms with Gasteiger partial charge in [0.25, 0.3) is 0 Å². The fraction of sp³-hybridized carbons (Fsp3) is 0.455. The van der Waals surface area contributed by atoms with E-state index in [4.69, 9.17) is 5.11 Å². The molecule has 2 N–H and O–H groups in total. The van der Waals surface area contributed by atoms with E-state index in [0.717, 1.165) is 24.3 Å². The molecule has 1 saturated carbocycles. The van der Waals surface area contributed by atoms with Gasteiger partial charge in [0.15, 0.2) is 0 Å². The molecular weight excluding hydrogens is 226 g/mol. The lowest BCUT2D eigenvalue weighted by molar-refractivity contribution is 0.0696. The van der Waals surface area contributed by atoms with E-state index >= 15 is 0 Å². The van der Waals surface area contributed by atoms with E-state index < -0.39 is 5.97 Å². The van der Waals surface area contributed by atoms with E-state index in [2.05, 4.69) is 4.98 Å². The molecule has 0 radical (unpaired) electrons. The van der Waals surface area contributed by atoms with E-state index in [1.807, 2.05) is 0 Å². The number of carboxylic acids is 1. The lowest BCUT2D eigenvalue weighted by Gasteiger charge is -2.12. The molecule has 0 aliphatic heterocycles. The van der Waals surface area contributed by atoms with Crippen molar-refractivity contribution in [2.45, 2.75) is 35.6 Å². The maximum Gasteiger partial charge on any atom is 0.337 e. The van der Waals surface area contributed by atoms with Gasteiger partial charge in [0.1, 0.15) is 0 Å². The average molecular weight is 239 g/mol. The number of carboxylic acid groups (broad SMARTS) is 1. The van der Waals surface area contributed by atoms with Gasteiger partial charge in [-0.15, -0.1) is 11.8 Å². The molecule has 0 amide bonds.